The van der Waals surface area contributed by atoms with E-state index in [2.05, 4.69) is 9.46 Å². The van der Waals surface area contributed by atoms with Gasteiger partial charge in [0.05, 0.1) is 4.90 Å². The van der Waals surface area contributed by atoms with Gasteiger partial charge in [0.1, 0.15) is 11.4 Å². The van der Waals surface area contributed by atoms with Gasteiger partial charge in [0, 0.05) is 19.1 Å². The van der Waals surface area contributed by atoms with Crippen LogP contribution in [0.25, 0.3) is 0 Å². The molecule has 0 saturated carbocycles. The highest BCUT2D eigenvalue weighted by atomic mass is 32.2. The summed E-state index contributed by atoms with van der Waals surface area (Å²) in [5.74, 6) is -0.621. The van der Waals surface area contributed by atoms with Gasteiger partial charge in [0.2, 0.25) is 10.0 Å². The fourth-order valence-corrected chi connectivity index (χ4v) is 5.19. The molecule has 1 saturated heterocycles. The van der Waals surface area contributed by atoms with Gasteiger partial charge < -0.3 is 14.4 Å². The number of alkyl halides is 3. The third-order valence-corrected chi connectivity index (χ3v) is 6.93. The van der Waals surface area contributed by atoms with Gasteiger partial charge in [-0.25, -0.2) is 17.9 Å². The van der Waals surface area contributed by atoms with Crippen LogP contribution in [0.2, 0.25) is 0 Å². The first-order valence-corrected chi connectivity index (χ1v) is 12.6. The van der Waals surface area contributed by atoms with Gasteiger partial charge in [0.15, 0.2) is 0 Å². The highest BCUT2D eigenvalue weighted by molar-refractivity contribution is 7.89. The third kappa shape index (κ3) is 7.86. The number of benzene rings is 2. The predicted octanol–water partition coefficient (Wildman–Crippen LogP) is 5.25. The summed E-state index contributed by atoms with van der Waals surface area (Å²) in [6.07, 6.45) is -4.20. The van der Waals surface area contributed by atoms with Crippen molar-refractivity contribution in [1.29, 1.82) is 0 Å². The second kappa shape index (κ2) is 10.4. The van der Waals surface area contributed by atoms with E-state index in [-0.39, 0.29) is 10.8 Å². The van der Waals surface area contributed by atoms with Crippen molar-refractivity contribution in [2.75, 3.05) is 13.1 Å². The lowest BCUT2D eigenvalue weighted by Gasteiger charge is -2.37. The Morgan fingerprint density at radius 1 is 1.00 bits per heavy atom. The third-order valence-electron chi connectivity index (χ3n) is 5.47. The summed E-state index contributed by atoms with van der Waals surface area (Å²) in [5, 5.41) is 0. The van der Waals surface area contributed by atoms with E-state index in [1.165, 1.54) is 0 Å². The molecule has 0 radical (unpaired) electrons. The smallest absolute Gasteiger partial charge is 0.444 e. The Morgan fingerprint density at radius 2 is 1.57 bits per heavy atom. The highest BCUT2D eigenvalue weighted by Crippen LogP contribution is 2.33. The fourth-order valence-electron chi connectivity index (χ4n) is 3.89. The zero-order chi connectivity index (χ0) is 25.9. The number of nitrogens with one attached hydrogen (secondary N) is 1. The maximum Gasteiger partial charge on any atom is 0.573 e. The highest BCUT2D eigenvalue weighted by Gasteiger charge is 2.34. The summed E-state index contributed by atoms with van der Waals surface area (Å²) >= 11 is 0. The van der Waals surface area contributed by atoms with Crippen LogP contribution in [0.3, 0.4) is 0 Å². The first kappa shape index (κ1) is 26.8. The Hall–Kier alpha value is -2.79. The van der Waals surface area contributed by atoms with Crippen LogP contribution >= 0.6 is 0 Å². The SMILES string of the molecule is CC(C)(C)OC(=O)N1CCC(C(NS(=O)(=O)c2ccc(OC(F)(F)F)cc2)c2ccccc2)CC1. The summed E-state index contributed by atoms with van der Waals surface area (Å²) in [4.78, 5) is 13.8. The van der Waals surface area contributed by atoms with Crippen molar-refractivity contribution < 1.29 is 35.9 Å². The molecule has 0 bridgehead atoms. The van der Waals surface area contributed by atoms with Crippen molar-refractivity contribution in [2.45, 2.75) is 56.5 Å². The maximum absolute atomic E-state index is 13.1. The van der Waals surface area contributed by atoms with Gasteiger partial charge in [-0.05, 0) is 69.4 Å². The summed E-state index contributed by atoms with van der Waals surface area (Å²) in [6, 6.07) is 12.5. The number of halogens is 3. The average Bonchev–Trinajstić information content (AvgIpc) is 2.76. The Kier molecular flexibility index (Phi) is 8.00. The van der Waals surface area contributed by atoms with E-state index in [1.807, 2.05) is 18.2 Å². The van der Waals surface area contributed by atoms with Crippen molar-refractivity contribution >= 4 is 16.1 Å². The molecule has 2 aromatic carbocycles. The minimum atomic E-state index is -4.87. The number of sulfonamides is 1. The average molecular weight is 515 g/mol. The van der Waals surface area contributed by atoms with Crippen molar-refractivity contribution in [3.63, 3.8) is 0 Å². The van der Waals surface area contributed by atoms with Crippen molar-refractivity contribution in [1.82, 2.24) is 9.62 Å². The number of rotatable bonds is 6. The largest absolute Gasteiger partial charge is 0.573 e. The summed E-state index contributed by atoms with van der Waals surface area (Å²) < 4.78 is 75.5. The van der Waals surface area contributed by atoms with E-state index in [4.69, 9.17) is 4.74 Å². The van der Waals surface area contributed by atoms with Crippen LogP contribution in [0.5, 0.6) is 5.75 Å². The number of piperidine rings is 1. The lowest BCUT2D eigenvalue weighted by atomic mass is 9.86. The van der Waals surface area contributed by atoms with Gasteiger partial charge in [-0.3, -0.25) is 0 Å². The number of hydrogen-bond donors (Lipinski definition) is 1. The Bertz CT molecular complexity index is 1090. The van der Waals surface area contributed by atoms with Crippen LogP contribution < -0.4 is 9.46 Å². The molecule has 1 unspecified atom stereocenters. The lowest BCUT2D eigenvalue weighted by Crippen LogP contribution is -2.44. The van der Waals surface area contributed by atoms with Crippen LogP contribution in [-0.4, -0.2) is 44.5 Å². The van der Waals surface area contributed by atoms with Gasteiger partial charge in [-0.2, -0.15) is 0 Å². The number of ether oxygens (including phenoxy) is 2. The van der Waals surface area contributed by atoms with E-state index < -0.39 is 39.9 Å². The van der Waals surface area contributed by atoms with E-state index in [0.29, 0.717) is 25.9 Å². The van der Waals surface area contributed by atoms with Crippen molar-refractivity contribution in [3.8, 4) is 5.75 Å². The Balaban J connectivity index is 1.76. The fraction of sp³-hybridized carbons (Fsp3) is 0.458. The maximum atomic E-state index is 13.1. The van der Waals surface area contributed by atoms with E-state index in [0.717, 1.165) is 29.8 Å². The van der Waals surface area contributed by atoms with Gasteiger partial charge in [-0.15, -0.1) is 13.2 Å². The minimum Gasteiger partial charge on any atom is -0.444 e. The monoisotopic (exact) mass is 514 g/mol. The number of amides is 1. The second-order valence-corrected chi connectivity index (χ2v) is 11.0. The lowest BCUT2D eigenvalue weighted by molar-refractivity contribution is -0.274. The van der Waals surface area contributed by atoms with Crippen molar-refractivity contribution in [3.05, 3.63) is 60.2 Å². The zero-order valence-corrected chi connectivity index (χ0v) is 20.5. The van der Waals surface area contributed by atoms with Gasteiger partial charge in [0.25, 0.3) is 0 Å². The molecule has 7 nitrogen and oxygen atoms in total. The molecule has 11 heteroatoms. The molecule has 1 fully saturated rings. The van der Waals surface area contributed by atoms with E-state index in [9.17, 15) is 26.4 Å². The number of hydrogen-bond acceptors (Lipinski definition) is 5. The topological polar surface area (TPSA) is 84.9 Å². The first-order valence-electron chi connectivity index (χ1n) is 11.1. The second-order valence-electron chi connectivity index (χ2n) is 9.33. The molecule has 1 aliphatic rings. The molecule has 3 rings (SSSR count). The van der Waals surface area contributed by atoms with Crippen LogP contribution in [-0.2, 0) is 14.8 Å². The Labute approximate surface area is 203 Å². The molecule has 2 aromatic rings. The van der Waals surface area contributed by atoms with Crippen LogP contribution in [0.4, 0.5) is 18.0 Å². The molecule has 35 heavy (non-hydrogen) atoms. The zero-order valence-electron chi connectivity index (χ0n) is 19.7. The van der Waals surface area contributed by atoms with Crippen LogP contribution in [0.15, 0.2) is 59.5 Å². The van der Waals surface area contributed by atoms with Crippen molar-refractivity contribution in [2.24, 2.45) is 5.92 Å². The molecule has 1 atom stereocenters. The van der Waals surface area contributed by atoms with E-state index in [1.54, 1.807) is 37.8 Å². The number of carbonyl (C=O) groups excluding carboxylic acids is 1. The number of carbonyl (C=O) groups is 1. The first-order chi connectivity index (χ1) is 16.2. The van der Waals surface area contributed by atoms with Crippen LogP contribution in [0.1, 0.15) is 45.2 Å². The molecule has 192 valence electrons. The molecule has 0 aromatic heterocycles. The van der Waals surface area contributed by atoms with Gasteiger partial charge >= 0.3 is 12.5 Å². The normalized spacial score (nSPS) is 16.6. The molecule has 0 aliphatic carbocycles. The molecule has 0 spiro atoms. The number of nitrogens with zero attached hydrogens (tertiary/aromatic N) is 1. The van der Waals surface area contributed by atoms with E-state index >= 15 is 0 Å². The summed E-state index contributed by atoms with van der Waals surface area (Å²) in [5.41, 5.74) is 0.139. The number of likely N-dealkylation sites (tertiary alicyclic amines) is 1. The van der Waals surface area contributed by atoms with Gasteiger partial charge in [-0.1, -0.05) is 30.3 Å². The Morgan fingerprint density at radius 3 is 2.09 bits per heavy atom. The molecule has 1 aliphatic heterocycles. The minimum absolute atomic E-state index is 0.112. The van der Waals surface area contributed by atoms with Crippen LogP contribution in [0, 0.1) is 5.92 Å². The summed E-state index contributed by atoms with van der Waals surface area (Å²) in [6.45, 7) is 6.20. The molecule has 1 amide bonds. The molecule has 1 heterocycles. The molecular formula is C24H29F3N2O5S. The predicted molar refractivity (Wildman–Crippen MR) is 123 cm³/mol. The molecular weight excluding hydrogens is 485 g/mol. The standard InChI is InChI=1S/C24H29F3N2O5S/c1-23(2,3)34-22(30)29-15-13-18(14-16-29)21(17-7-5-4-6-8-17)28-35(31,32)20-11-9-19(10-12-20)33-24(25,26)27/h4-12,18,21,28H,13-16H2,1-3H3. The quantitative estimate of drug-likeness (QED) is 0.569. The molecule has 1 N–H and O–H groups in total. The summed E-state index contributed by atoms with van der Waals surface area (Å²) in [7, 11) is -4.06.